The Morgan fingerprint density at radius 3 is 2.85 bits per heavy atom. The molecule has 1 aromatic heterocycles. The van der Waals surface area contributed by atoms with Crippen molar-refractivity contribution in [3.05, 3.63) is 28.8 Å². The number of benzene rings is 1. The number of rotatable bonds is 5. The Labute approximate surface area is 112 Å². The maximum absolute atomic E-state index is 12.6. The lowest BCUT2D eigenvalue weighted by Gasteiger charge is -2.25. The molecule has 4 N–H and O–H groups in total. The van der Waals surface area contributed by atoms with Crippen molar-refractivity contribution in [3.8, 4) is 0 Å². The van der Waals surface area contributed by atoms with Gasteiger partial charge in [-0.15, -0.1) is 0 Å². The van der Waals surface area contributed by atoms with Gasteiger partial charge in [0.2, 0.25) is 0 Å². The van der Waals surface area contributed by atoms with Gasteiger partial charge in [-0.25, -0.2) is 13.8 Å². The van der Waals surface area contributed by atoms with Gasteiger partial charge in [0.15, 0.2) is 0 Å². The number of aromatic nitrogens is 2. The van der Waals surface area contributed by atoms with E-state index in [-0.39, 0.29) is 29.8 Å². The van der Waals surface area contributed by atoms with Crippen LogP contribution in [0.4, 0.5) is 20.2 Å². The number of anilines is 2. The van der Waals surface area contributed by atoms with E-state index in [0.29, 0.717) is 11.2 Å². The van der Waals surface area contributed by atoms with E-state index < -0.39 is 13.0 Å². The molecule has 0 spiro atoms. The number of fused-ring (bicyclic) bond motifs is 1. The van der Waals surface area contributed by atoms with Crippen LogP contribution < -0.4 is 16.2 Å². The SMILES string of the molecule is Nc1cc2c(=O)[nH]cnc2cc1N(CCO)CC(F)F. The molecule has 2 rings (SSSR count). The second-order valence-electron chi connectivity index (χ2n) is 4.22. The summed E-state index contributed by atoms with van der Waals surface area (Å²) in [6.07, 6.45) is -1.34. The van der Waals surface area contributed by atoms with Crippen molar-refractivity contribution in [3.63, 3.8) is 0 Å². The molecule has 0 bridgehead atoms. The normalized spacial score (nSPS) is 11.2. The Kier molecular flexibility index (Phi) is 4.14. The molecule has 8 heteroatoms. The largest absolute Gasteiger partial charge is 0.397 e. The van der Waals surface area contributed by atoms with Crippen LogP contribution in [0.15, 0.2) is 23.3 Å². The molecule has 0 atom stereocenters. The molecule has 0 saturated heterocycles. The minimum Gasteiger partial charge on any atom is -0.397 e. The molecule has 0 saturated carbocycles. The van der Waals surface area contributed by atoms with E-state index >= 15 is 0 Å². The van der Waals surface area contributed by atoms with Crippen molar-refractivity contribution >= 4 is 22.3 Å². The molecule has 0 fully saturated rings. The van der Waals surface area contributed by atoms with E-state index in [4.69, 9.17) is 10.8 Å². The van der Waals surface area contributed by atoms with Gasteiger partial charge in [-0.05, 0) is 12.1 Å². The van der Waals surface area contributed by atoms with Gasteiger partial charge in [0.05, 0.1) is 41.8 Å². The monoisotopic (exact) mass is 284 g/mol. The van der Waals surface area contributed by atoms with E-state index in [1.54, 1.807) is 0 Å². The molecule has 0 aliphatic heterocycles. The predicted molar refractivity (Wildman–Crippen MR) is 72.1 cm³/mol. The van der Waals surface area contributed by atoms with E-state index in [2.05, 4.69) is 9.97 Å². The zero-order valence-corrected chi connectivity index (χ0v) is 10.5. The standard InChI is InChI=1S/C12H14F2N4O2/c13-11(14)5-18(1-2-19)10-4-9-7(3-8(10)15)12(20)17-6-16-9/h3-4,6,11,19H,1-2,5,15H2,(H,16,17,20). The topological polar surface area (TPSA) is 95.2 Å². The highest BCUT2D eigenvalue weighted by Gasteiger charge is 2.16. The van der Waals surface area contributed by atoms with Crippen molar-refractivity contribution in [2.75, 3.05) is 30.3 Å². The summed E-state index contributed by atoms with van der Waals surface area (Å²) in [5.74, 6) is 0. The second kappa shape index (κ2) is 5.83. The summed E-state index contributed by atoms with van der Waals surface area (Å²) in [6, 6.07) is 2.87. The molecule has 1 heterocycles. The Morgan fingerprint density at radius 1 is 1.45 bits per heavy atom. The number of halogens is 2. The lowest BCUT2D eigenvalue weighted by Crippen LogP contribution is -2.32. The van der Waals surface area contributed by atoms with Gasteiger partial charge >= 0.3 is 0 Å². The van der Waals surface area contributed by atoms with Gasteiger partial charge in [0.25, 0.3) is 12.0 Å². The van der Waals surface area contributed by atoms with Gasteiger partial charge in [0, 0.05) is 6.54 Å². The number of hydrogen-bond acceptors (Lipinski definition) is 5. The summed E-state index contributed by atoms with van der Waals surface area (Å²) >= 11 is 0. The lowest BCUT2D eigenvalue weighted by atomic mass is 10.1. The fraction of sp³-hybridized carbons (Fsp3) is 0.333. The minimum atomic E-state index is -2.57. The number of alkyl halides is 2. The third-order valence-electron chi connectivity index (χ3n) is 2.86. The van der Waals surface area contributed by atoms with Crippen LogP contribution in [0, 0.1) is 0 Å². The van der Waals surface area contributed by atoms with E-state index in [1.807, 2.05) is 0 Å². The van der Waals surface area contributed by atoms with Crippen LogP contribution >= 0.6 is 0 Å². The van der Waals surface area contributed by atoms with Crippen LogP contribution in [0.3, 0.4) is 0 Å². The first-order chi connectivity index (χ1) is 9.52. The average molecular weight is 284 g/mol. The predicted octanol–water partition coefficient (Wildman–Crippen LogP) is 0.569. The highest BCUT2D eigenvalue weighted by Crippen LogP contribution is 2.27. The molecule has 0 aliphatic rings. The molecule has 108 valence electrons. The molecule has 6 nitrogen and oxygen atoms in total. The van der Waals surface area contributed by atoms with Crippen LogP contribution in [0.5, 0.6) is 0 Å². The highest BCUT2D eigenvalue weighted by molar-refractivity contribution is 5.88. The van der Waals surface area contributed by atoms with Crippen LogP contribution in [-0.2, 0) is 0 Å². The van der Waals surface area contributed by atoms with Crippen molar-refractivity contribution < 1.29 is 13.9 Å². The Bertz CT molecular complexity index is 659. The fourth-order valence-electron chi connectivity index (χ4n) is 1.99. The van der Waals surface area contributed by atoms with E-state index in [0.717, 1.165) is 0 Å². The van der Waals surface area contributed by atoms with Gasteiger partial charge < -0.3 is 20.7 Å². The zero-order valence-electron chi connectivity index (χ0n) is 10.5. The van der Waals surface area contributed by atoms with Crippen LogP contribution in [0.2, 0.25) is 0 Å². The number of nitrogens with zero attached hydrogens (tertiary/aromatic N) is 2. The van der Waals surface area contributed by atoms with Crippen LogP contribution in [0.1, 0.15) is 0 Å². The number of aromatic amines is 1. The minimum absolute atomic E-state index is 0.0171. The molecular formula is C12H14F2N4O2. The lowest BCUT2D eigenvalue weighted by molar-refractivity contribution is 0.153. The third kappa shape index (κ3) is 2.85. The van der Waals surface area contributed by atoms with Gasteiger partial charge in [-0.3, -0.25) is 4.79 Å². The van der Waals surface area contributed by atoms with Crippen LogP contribution in [-0.4, -0.2) is 41.2 Å². The van der Waals surface area contributed by atoms with Crippen molar-refractivity contribution in [1.82, 2.24) is 9.97 Å². The summed E-state index contributed by atoms with van der Waals surface area (Å²) in [5.41, 5.74) is 6.33. The number of nitrogens with one attached hydrogen (secondary N) is 1. The van der Waals surface area contributed by atoms with Gasteiger partial charge in [-0.1, -0.05) is 0 Å². The fourth-order valence-corrected chi connectivity index (χ4v) is 1.99. The summed E-state index contributed by atoms with van der Waals surface area (Å²) in [6.45, 7) is -0.824. The third-order valence-corrected chi connectivity index (χ3v) is 2.86. The molecule has 0 radical (unpaired) electrons. The summed E-state index contributed by atoms with van der Waals surface area (Å²) in [5, 5.41) is 9.25. The maximum atomic E-state index is 12.6. The zero-order chi connectivity index (χ0) is 14.7. The first-order valence-corrected chi connectivity index (χ1v) is 5.93. The molecular weight excluding hydrogens is 270 g/mol. The number of H-pyrrole nitrogens is 1. The van der Waals surface area contributed by atoms with Gasteiger partial charge in [-0.2, -0.15) is 0 Å². The average Bonchev–Trinajstić information content (AvgIpc) is 2.38. The Morgan fingerprint density at radius 2 is 2.20 bits per heavy atom. The molecule has 2 aromatic rings. The smallest absolute Gasteiger partial charge is 0.258 e. The first-order valence-electron chi connectivity index (χ1n) is 5.93. The van der Waals surface area contributed by atoms with Crippen molar-refractivity contribution in [1.29, 1.82) is 0 Å². The number of aliphatic hydroxyl groups excluding tert-OH is 1. The Balaban J connectivity index is 2.51. The first kappa shape index (κ1) is 14.2. The van der Waals surface area contributed by atoms with Crippen molar-refractivity contribution in [2.24, 2.45) is 0 Å². The molecule has 0 aliphatic carbocycles. The highest BCUT2D eigenvalue weighted by atomic mass is 19.3. The molecule has 1 aromatic carbocycles. The number of nitrogens with two attached hydrogens (primary N) is 1. The molecule has 20 heavy (non-hydrogen) atoms. The van der Waals surface area contributed by atoms with E-state index in [9.17, 15) is 13.6 Å². The van der Waals surface area contributed by atoms with E-state index in [1.165, 1.54) is 23.4 Å². The Hall–Kier alpha value is -2.22. The number of aliphatic hydroxyl groups is 1. The molecule has 0 amide bonds. The quantitative estimate of drug-likeness (QED) is 0.698. The van der Waals surface area contributed by atoms with Gasteiger partial charge in [0.1, 0.15) is 0 Å². The second-order valence-corrected chi connectivity index (χ2v) is 4.22. The number of nitrogen functional groups attached to an aromatic ring is 1. The summed E-state index contributed by atoms with van der Waals surface area (Å²) in [7, 11) is 0. The summed E-state index contributed by atoms with van der Waals surface area (Å²) < 4.78 is 25.1. The summed E-state index contributed by atoms with van der Waals surface area (Å²) in [4.78, 5) is 19.2. The maximum Gasteiger partial charge on any atom is 0.258 e. The van der Waals surface area contributed by atoms with Crippen LogP contribution in [0.25, 0.3) is 10.9 Å². The molecule has 0 unspecified atom stereocenters. The number of hydrogen-bond donors (Lipinski definition) is 3. The van der Waals surface area contributed by atoms with Crippen molar-refractivity contribution in [2.45, 2.75) is 6.43 Å².